The van der Waals surface area contributed by atoms with Crippen LogP contribution in [-0.4, -0.2) is 18.2 Å². The molecule has 1 aliphatic heterocycles. The number of benzene rings is 1. The quantitative estimate of drug-likeness (QED) is 0.847. The maximum atomic E-state index is 9.20. The molecule has 0 radical (unpaired) electrons. The number of nitrogens with zero attached hydrogens (tertiary/aromatic N) is 2. The largest absolute Gasteiger partial charge is 0.490 e. The summed E-state index contributed by atoms with van der Waals surface area (Å²) in [6.07, 6.45) is 0.890. The molecule has 108 valence electrons. The lowest BCUT2D eigenvalue weighted by atomic mass is 9.97. The SMILES string of the molecule is CC(C)(C#N)c1nc(-c2ccc3c(c2)OCCCO3)cs1. The van der Waals surface area contributed by atoms with Crippen LogP contribution in [0.15, 0.2) is 23.6 Å². The molecule has 0 N–H and O–H groups in total. The standard InChI is InChI=1S/C16H16N2O2S/c1-16(2,10-17)15-18-12(9-21-15)11-4-5-13-14(8-11)20-7-3-6-19-13/h4-5,8-9H,3,6-7H2,1-2H3. The van der Waals surface area contributed by atoms with Crippen LogP contribution in [0, 0.1) is 11.3 Å². The third-order valence-corrected chi connectivity index (χ3v) is 4.53. The Morgan fingerprint density at radius 2 is 2.00 bits per heavy atom. The summed E-state index contributed by atoms with van der Waals surface area (Å²) in [5.74, 6) is 1.54. The highest BCUT2D eigenvalue weighted by molar-refractivity contribution is 7.10. The smallest absolute Gasteiger partial charge is 0.161 e. The van der Waals surface area contributed by atoms with E-state index in [1.165, 1.54) is 11.3 Å². The Labute approximate surface area is 128 Å². The number of rotatable bonds is 2. The molecule has 0 aliphatic carbocycles. The van der Waals surface area contributed by atoms with E-state index in [1.807, 2.05) is 37.4 Å². The molecular weight excluding hydrogens is 284 g/mol. The van der Waals surface area contributed by atoms with Gasteiger partial charge in [0.25, 0.3) is 0 Å². The number of hydrogen-bond donors (Lipinski definition) is 0. The lowest BCUT2D eigenvalue weighted by Crippen LogP contribution is -2.13. The van der Waals surface area contributed by atoms with E-state index in [2.05, 4.69) is 11.1 Å². The molecule has 1 aromatic carbocycles. The zero-order valence-electron chi connectivity index (χ0n) is 12.0. The Balaban J connectivity index is 1.95. The number of nitriles is 1. The van der Waals surface area contributed by atoms with Crippen molar-refractivity contribution in [3.63, 3.8) is 0 Å². The van der Waals surface area contributed by atoms with Crippen molar-refractivity contribution in [3.05, 3.63) is 28.6 Å². The first-order chi connectivity index (χ1) is 10.1. The highest BCUT2D eigenvalue weighted by atomic mass is 32.1. The van der Waals surface area contributed by atoms with Gasteiger partial charge < -0.3 is 9.47 Å². The summed E-state index contributed by atoms with van der Waals surface area (Å²) in [6.45, 7) is 5.11. The predicted octanol–water partition coefficient (Wildman–Crippen LogP) is 3.77. The van der Waals surface area contributed by atoms with Gasteiger partial charge in [0.15, 0.2) is 11.5 Å². The van der Waals surface area contributed by atoms with Gasteiger partial charge in [-0.15, -0.1) is 11.3 Å². The fourth-order valence-corrected chi connectivity index (χ4v) is 2.97. The molecule has 21 heavy (non-hydrogen) atoms. The zero-order chi connectivity index (χ0) is 14.9. The Hall–Kier alpha value is -2.06. The van der Waals surface area contributed by atoms with Gasteiger partial charge in [0.2, 0.25) is 0 Å². The molecule has 2 heterocycles. The van der Waals surface area contributed by atoms with E-state index in [0.717, 1.165) is 34.2 Å². The number of fused-ring (bicyclic) bond motifs is 1. The van der Waals surface area contributed by atoms with Gasteiger partial charge >= 0.3 is 0 Å². The molecular formula is C16H16N2O2S. The maximum Gasteiger partial charge on any atom is 0.161 e. The van der Waals surface area contributed by atoms with Crippen LogP contribution in [0.2, 0.25) is 0 Å². The summed E-state index contributed by atoms with van der Waals surface area (Å²) in [5.41, 5.74) is 1.29. The van der Waals surface area contributed by atoms with E-state index >= 15 is 0 Å². The van der Waals surface area contributed by atoms with Gasteiger partial charge in [-0.1, -0.05) is 0 Å². The first-order valence-electron chi connectivity index (χ1n) is 6.87. The summed E-state index contributed by atoms with van der Waals surface area (Å²) >= 11 is 1.51. The first-order valence-corrected chi connectivity index (χ1v) is 7.75. The molecule has 2 aromatic rings. The van der Waals surface area contributed by atoms with Crippen LogP contribution in [0.1, 0.15) is 25.3 Å². The third-order valence-electron chi connectivity index (χ3n) is 3.36. The van der Waals surface area contributed by atoms with Crippen molar-refractivity contribution in [2.45, 2.75) is 25.7 Å². The van der Waals surface area contributed by atoms with E-state index < -0.39 is 5.41 Å². The zero-order valence-corrected chi connectivity index (χ0v) is 12.9. The third kappa shape index (κ3) is 2.72. The molecule has 0 amide bonds. The molecule has 0 fully saturated rings. The Morgan fingerprint density at radius 1 is 1.24 bits per heavy atom. The second-order valence-electron chi connectivity index (χ2n) is 5.49. The van der Waals surface area contributed by atoms with E-state index in [4.69, 9.17) is 9.47 Å². The molecule has 0 atom stereocenters. The number of ether oxygens (including phenoxy) is 2. The Morgan fingerprint density at radius 3 is 2.76 bits per heavy atom. The molecule has 0 saturated heterocycles. The fourth-order valence-electron chi connectivity index (χ4n) is 2.06. The summed E-state index contributed by atoms with van der Waals surface area (Å²) in [7, 11) is 0. The van der Waals surface area contributed by atoms with Crippen LogP contribution in [0.5, 0.6) is 11.5 Å². The molecule has 4 nitrogen and oxygen atoms in total. The van der Waals surface area contributed by atoms with Crippen molar-refractivity contribution in [1.82, 2.24) is 4.98 Å². The number of aromatic nitrogens is 1. The average Bonchev–Trinajstić information content (AvgIpc) is 2.87. The molecule has 1 aliphatic rings. The minimum atomic E-state index is -0.561. The van der Waals surface area contributed by atoms with Gasteiger partial charge in [0.1, 0.15) is 10.4 Å². The van der Waals surface area contributed by atoms with E-state index in [9.17, 15) is 5.26 Å². The van der Waals surface area contributed by atoms with Crippen LogP contribution in [0.4, 0.5) is 0 Å². The minimum Gasteiger partial charge on any atom is -0.490 e. The summed E-state index contributed by atoms with van der Waals surface area (Å²) in [4.78, 5) is 4.60. The summed E-state index contributed by atoms with van der Waals surface area (Å²) < 4.78 is 11.3. The first kappa shape index (κ1) is 13.9. The number of thiazole rings is 1. The molecule has 5 heteroatoms. The Bertz CT molecular complexity index is 701. The summed E-state index contributed by atoms with van der Waals surface area (Å²) in [5, 5.41) is 12.0. The fraction of sp³-hybridized carbons (Fsp3) is 0.375. The van der Waals surface area contributed by atoms with Gasteiger partial charge in [0, 0.05) is 17.4 Å². The summed E-state index contributed by atoms with van der Waals surface area (Å²) in [6, 6.07) is 8.14. The van der Waals surface area contributed by atoms with E-state index in [1.54, 1.807) is 0 Å². The van der Waals surface area contributed by atoms with Crippen LogP contribution in [0.25, 0.3) is 11.3 Å². The van der Waals surface area contributed by atoms with Crippen LogP contribution >= 0.6 is 11.3 Å². The molecule has 1 aromatic heterocycles. The monoisotopic (exact) mass is 300 g/mol. The number of hydrogen-bond acceptors (Lipinski definition) is 5. The normalized spacial score (nSPS) is 14.3. The highest BCUT2D eigenvalue weighted by Gasteiger charge is 2.24. The van der Waals surface area contributed by atoms with Crippen molar-refractivity contribution in [2.24, 2.45) is 0 Å². The second-order valence-corrected chi connectivity index (χ2v) is 6.34. The second kappa shape index (κ2) is 5.38. The van der Waals surface area contributed by atoms with Crippen LogP contribution in [0.3, 0.4) is 0 Å². The van der Waals surface area contributed by atoms with E-state index in [-0.39, 0.29) is 0 Å². The van der Waals surface area contributed by atoms with Crippen LogP contribution < -0.4 is 9.47 Å². The van der Waals surface area contributed by atoms with Crippen molar-refractivity contribution in [2.75, 3.05) is 13.2 Å². The molecule has 0 saturated carbocycles. The molecule has 0 spiro atoms. The predicted molar refractivity (Wildman–Crippen MR) is 81.8 cm³/mol. The van der Waals surface area contributed by atoms with Gasteiger partial charge in [-0.2, -0.15) is 5.26 Å². The van der Waals surface area contributed by atoms with Gasteiger partial charge in [-0.25, -0.2) is 4.98 Å². The lowest BCUT2D eigenvalue weighted by Gasteiger charge is -2.10. The van der Waals surface area contributed by atoms with Gasteiger partial charge in [-0.05, 0) is 32.0 Å². The van der Waals surface area contributed by atoms with Gasteiger partial charge in [-0.3, -0.25) is 0 Å². The van der Waals surface area contributed by atoms with Crippen molar-refractivity contribution < 1.29 is 9.47 Å². The maximum absolute atomic E-state index is 9.20. The molecule has 0 unspecified atom stereocenters. The minimum absolute atomic E-state index is 0.561. The van der Waals surface area contributed by atoms with Crippen LogP contribution in [-0.2, 0) is 5.41 Å². The molecule has 0 bridgehead atoms. The molecule has 3 rings (SSSR count). The Kier molecular flexibility index (Phi) is 3.56. The average molecular weight is 300 g/mol. The lowest BCUT2D eigenvalue weighted by molar-refractivity contribution is 0.297. The van der Waals surface area contributed by atoms with E-state index in [0.29, 0.717) is 13.2 Å². The van der Waals surface area contributed by atoms with Crippen molar-refractivity contribution >= 4 is 11.3 Å². The topological polar surface area (TPSA) is 55.1 Å². The van der Waals surface area contributed by atoms with Gasteiger partial charge in [0.05, 0.1) is 25.0 Å². The van der Waals surface area contributed by atoms with Crippen molar-refractivity contribution in [1.29, 1.82) is 5.26 Å². The highest BCUT2D eigenvalue weighted by Crippen LogP contribution is 2.36. The van der Waals surface area contributed by atoms with Crippen molar-refractivity contribution in [3.8, 4) is 28.8 Å².